The molecule has 0 radical (unpaired) electrons. The van der Waals surface area contributed by atoms with Gasteiger partial charge in [-0.15, -0.1) is 11.4 Å². The fourth-order valence-corrected chi connectivity index (χ4v) is 2.32. The molecule has 188 valence electrons. The van der Waals surface area contributed by atoms with Crippen LogP contribution in [0.15, 0.2) is 12.1 Å². The molecule has 0 bridgehead atoms. The number of hydrogen-bond donors (Lipinski definition) is 2. The van der Waals surface area contributed by atoms with Crippen molar-refractivity contribution in [2.75, 3.05) is 28.2 Å². The monoisotopic (exact) mass is 534 g/mol. The summed E-state index contributed by atoms with van der Waals surface area (Å²) in [6.07, 6.45) is 0. The molecule has 2 aromatic heterocycles. The van der Waals surface area contributed by atoms with E-state index in [4.69, 9.17) is 0 Å². The maximum Gasteiger partial charge on any atom is 4.00 e. The Morgan fingerprint density at radius 2 is 0.727 bits per heavy atom. The van der Waals surface area contributed by atoms with E-state index in [1.807, 2.05) is 0 Å². The molecule has 0 aliphatic rings. The standard InChI is InChI=1S/2C12H20N.2C2H6N.Zr/c2*1-11(2,3)9-7-8-10(13-9)12(4,5)6;2*1-3-2;/h2*7,13H,1-6H3;2*1-2H3;/q4*-1;+4. The van der Waals surface area contributed by atoms with E-state index >= 15 is 0 Å². The molecule has 0 aliphatic heterocycles. The quantitative estimate of drug-likeness (QED) is 0.321. The fraction of sp³-hybridized carbons (Fsp3) is 0.714. The van der Waals surface area contributed by atoms with E-state index in [1.165, 1.54) is 22.8 Å². The number of nitrogens with one attached hydrogen (secondary N) is 2. The van der Waals surface area contributed by atoms with Crippen LogP contribution in [-0.4, -0.2) is 38.2 Å². The van der Waals surface area contributed by atoms with Gasteiger partial charge in [-0.3, -0.25) is 0 Å². The second-order valence-corrected chi connectivity index (χ2v) is 12.3. The average Bonchev–Trinajstić information content (AvgIpc) is 3.25. The third-order valence-corrected chi connectivity index (χ3v) is 4.36. The Morgan fingerprint density at radius 1 is 0.515 bits per heavy atom. The van der Waals surface area contributed by atoms with Gasteiger partial charge in [-0.1, -0.05) is 105 Å². The first-order valence-corrected chi connectivity index (χ1v) is 11.4. The fourth-order valence-electron chi connectivity index (χ4n) is 2.32. The molecule has 0 aromatic carbocycles. The topological polar surface area (TPSA) is 59.8 Å². The van der Waals surface area contributed by atoms with E-state index < -0.39 is 0 Å². The molecule has 0 fully saturated rings. The van der Waals surface area contributed by atoms with Crippen LogP contribution in [0, 0.1) is 12.1 Å². The molecule has 2 heterocycles. The molecule has 33 heavy (non-hydrogen) atoms. The smallest absolute Gasteiger partial charge is 0.668 e. The van der Waals surface area contributed by atoms with Crippen molar-refractivity contribution in [1.29, 1.82) is 0 Å². The molecule has 0 aliphatic carbocycles. The zero-order chi connectivity index (χ0) is 26.0. The Balaban J connectivity index is -0.000000430. The van der Waals surface area contributed by atoms with Crippen LogP contribution < -0.4 is 0 Å². The molecule has 2 N–H and O–H groups in total. The first kappa shape index (κ1) is 36.9. The van der Waals surface area contributed by atoms with E-state index in [0.29, 0.717) is 0 Å². The molecule has 2 rings (SSSR count). The normalized spacial score (nSPS) is 11.6. The largest absolute Gasteiger partial charge is 4.00 e. The van der Waals surface area contributed by atoms with Gasteiger partial charge in [-0.05, 0) is 10.8 Å². The van der Waals surface area contributed by atoms with Crippen LogP contribution in [-0.2, 0) is 47.9 Å². The van der Waals surface area contributed by atoms with E-state index in [9.17, 15) is 0 Å². The summed E-state index contributed by atoms with van der Waals surface area (Å²) in [4.78, 5) is 6.88. The predicted molar refractivity (Wildman–Crippen MR) is 144 cm³/mol. The van der Waals surface area contributed by atoms with Crippen molar-refractivity contribution in [2.45, 2.75) is 105 Å². The summed E-state index contributed by atoms with van der Waals surface area (Å²) in [7, 11) is 7.00. The summed E-state index contributed by atoms with van der Waals surface area (Å²) in [5.74, 6) is 0. The molecular weight excluding hydrogens is 484 g/mol. The number of H-pyrrole nitrogens is 2. The van der Waals surface area contributed by atoms with E-state index in [1.54, 1.807) is 28.2 Å². The summed E-state index contributed by atoms with van der Waals surface area (Å²) in [5.41, 5.74) is 5.64. The van der Waals surface area contributed by atoms with Crippen LogP contribution in [0.4, 0.5) is 0 Å². The minimum Gasteiger partial charge on any atom is -0.668 e. The Bertz CT molecular complexity index is 608. The second kappa shape index (κ2) is 15.4. The molecular formula is C28H52N4Zr. The minimum atomic E-state index is 0. The van der Waals surface area contributed by atoms with Crippen LogP contribution in [0.3, 0.4) is 0 Å². The van der Waals surface area contributed by atoms with Crippen molar-refractivity contribution in [3.8, 4) is 0 Å². The first-order chi connectivity index (χ1) is 14.2. The summed E-state index contributed by atoms with van der Waals surface area (Å²) < 4.78 is 0. The van der Waals surface area contributed by atoms with Gasteiger partial charge in [-0.2, -0.15) is 28.2 Å². The number of aromatic nitrogens is 2. The van der Waals surface area contributed by atoms with Crippen LogP contribution >= 0.6 is 0 Å². The molecule has 0 atom stereocenters. The Morgan fingerprint density at radius 3 is 0.818 bits per heavy atom. The van der Waals surface area contributed by atoms with Crippen LogP contribution in [0.5, 0.6) is 0 Å². The summed E-state index contributed by atoms with van der Waals surface area (Å²) in [6, 6.07) is 10.7. The number of rotatable bonds is 0. The molecule has 0 unspecified atom stereocenters. The summed E-state index contributed by atoms with van der Waals surface area (Å²) in [5, 5.41) is 7.00. The van der Waals surface area contributed by atoms with Gasteiger partial charge >= 0.3 is 26.2 Å². The number of hydrogen-bond acceptors (Lipinski definition) is 0. The maximum absolute atomic E-state index is 3.50. The van der Waals surface area contributed by atoms with Crippen LogP contribution in [0.25, 0.3) is 10.6 Å². The Labute approximate surface area is 226 Å². The van der Waals surface area contributed by atoms with Crippen molar-refractivity contribution in [3.63, 3.8) is 0 Å². The van der Waals surface area contributed by atoms with E-state index in [-0.39, 0.29) is 47.9 Å². The number of aromatic amines is 2. The molecule has 0 amide bonds. The van der Waals surface area contributed by atoms with Gasteiger partial charge in [-0.25, -0.2) is 24.3 Å². The van der Waals surface area contributed by atoms with Gasteiger partial charge in [0.25, 0.3) is 0 Å². The van der Waals surface area contributed by atoms with Gasteiger partial charge in [0.15, 0.2) is 0 Å². The van der Waals surface area contributed by atoms with Crippen LogP contribution in [0.1, 0.15) is 106 Å². The van der Waals surface area contributed by atoms with Gasteiger partial charge in [0.05, 0.1) is 0 Å². The maximum atomic E-state index is 3.50. The zero-order valence-corrected chi connectivity index (χ0v) is 27.0. The van der Waals surface area contributed by atoms with Crippen molar-refractivity contribution >= 4 is 0 Å². The molecule has 0 spiro atoms. The molecule has 0 saturated carbocycles. The van der Waals surface area contributed by atoms with Gasteiger partial charge < -0.3 is 20.6 Å². The van der Waals surface area contributed by atoms with Crippen molar-refractivity contribution in [3.05, 3.63) is 57.7 Å². The van der Waals surface area contributed by atoms with Gasteiger partial charge in [0.2, 0.25) is 0 Å². The molecule has 0 saturated heterocycles. The molecule has 5 heteroatoms. The summed E-state index contributed by atoms with van der Waals surface area (Å²) >= 11 is 0. The average molecular weight is 536 g/mol. The SMILES string of the molecule is CC(C)(C)c1[c-]cc(C(C)(C)C)[nH]1.CC(C)(C)c1[c-]cc(C(C)(C)C)[nH]1.C[N-]C.C[N-]C.[Zr+4]. The Hall–Kier alpha value is -0.637. The second-order valence-electron chi connectivity index (χ2n) is 12.3. The minimum absolute atomic E-state index is 0. The van der Waals surface area contributed by atoms with E-state index in [0.717, 1.165) is 0 Å². The first-order valence-electron chi connectivity index (χ1n) is 11.4. The van der Waals surface area contributed by atoms with Crippen LogP contribution in [0.2, 0.25) is 0 Å². The van der Waals surface area contributed by atoms with Gasteiger partial charge in [0.1, 0.15) is 0 Å². The third-order valence-electron chi connectivity index (χ3n) is 4.36. The van der Waals surface area contributed by atoms with Gasteiger partial charge in [0, 0.05) is 0 Å². The number of nitrogens with zero attached hydrogens (tertiary/aromatic N) is 2. The Kier molecular flexibility index (Phi) is 17.2. The van der Waals surface area contributed by atoms with Crippen molar-refractivity contribution in [2.24, 2.45) is 0 Å². The molecule has 4 nitrogen and oxygen atoms in total. The third kappa shape index (κ3) is 15.8. The zero-order valence-electron chi connectivity index (χ0n) is 24.5. The van der Waals surface area contributed by atoms with Crippen molar-refractivity contribution in [1.82, 2.24) is 9.97 Å². The predicted octanol–water partition coefficient (Wildman–Crippen LogP) is 8.06. The van der Waals surface area contributed by atoms with Crippen molar-refractivity contribution < 1.29 is 26.2 Å². The summed E-state index contributed by atoms with van der Waals surface area (Å²) in [6.45, 7) is 26.4. The van der Waals surface area contributed by atoms with E-state index in [2.05, 4.69) is 128 Å². The molecule has 2 aromatic rings.